The number of benzene rings is 1. The van der Waals surface area contributed by atoms with Crippen LogP contribution in [0, 0.1) is 6.92 Å². The van der Waals surface area contributed by atoms with Crippen molar-refractivity contribution in [1.82, 2.24) is 5.32 Å². The molecule has 1 aliphatic rings. The molecule has 1 saturated heterocycles. The van der Waals surface area contributed by atoms with Crippen LogP contribution in [0.1, 0.15) is 30.4 Å². The van der Waals surface area contributed by atoms with Crippen LogP contribution in [0.4, 0.5) is 0 Å². The Bertz CT molecular complexity index is 329. The van der Waals surface area contributed by atoms with Crippen molar-refractivity contribution in [1.29, 1.82) is 0 Å². The van der Waals surface area contributed by atoms with Crippen LogP contribution in [0.5, 0.6) is 0 Å². The molecule has 0 saturated carbocycles. The van der Waals surface area contributed by atoms with Crippen LogP contribution in [0.3, 0.4) is 0 Å². The van der Waals surface area contributed by atoms with Gasteiger partial charge in [0.25, 0.3) is 0 Å². The maximum atomic E-state index is 6.11. The third-order valence-corrected chi connectivity index (χ3v) is 3.54. The lowest BCUT2D eigenvalue weighted by Gasteiger charge is -2.23. The van der Waals surface area contributed by atoms with E-state index in [0.29, 0.717) is 6.04 Å². The van der Waals surface area contributed by atoms with E-state index in [1.54, 1.807) is 0 Å². The second-order valence-corrected chi connectivity index (χ2v) is 4.84. The molecule has 1 fully saturated rings. The van der Waals surface area contributed by atoms with E-state index in [1.165, 1.54) is 31.4 Å². The summed E-state index contributed by atoms with van der Waals surface area (Å²) in [5.74, 6) is 0. The highest BCUT2D eigenvalue weighted by Crippen LogP contribution is 2.19. The molecular formula is C13H18ClN. The second kappa shape index (κ2) is 5.00. The molecule has 0 amide bonds. The monoisotopic (exact) mass is 223 g/mol. The summed E-state index contributed by atoms with van der Waals surface area (Å²) in [5, 5.41) is 4.45. The summed E-state index contributed by atoms with van der Waals surface area (Å²) in [4.78, 5) is 0. The summed E-state index contributed by atoms with van der Waals surface area (Å²) in [6.45, 7) is 3.22. The fourth-order valence-electron chi connectivity index (χ4n) is 2.15. The van der Waals surface area contributed by atoms with Gasteiger partial charge in [-0.15, -0.1) is 0 Å². The number of rotatable bonds is 2. The summed E-state index contributed by atoms with van der Waals surface area (Å²) in [6, 6.07) is 7.06. The normalized spacial score (nSPS) is 21.6. The largest absolute Gasteiger partial charge is 0.314 e. The topological polar surface area (TPSA) is 12.0 Å². The minimum Gasteiger partial charge on any atom is -0.314 e. The van der Waals surface area contributed by atoms with Crippen molar-refractivity contribution in [3.8, 4) is 0 Å². The Hall–Kier alpha value is -0.530. The van der Waals surface area contributed by atoms with Gasteiger partial charge in [-0.05, 0) is 49.9 Å². The molecule has 1 heterocycles. The van der Waals surface area contributed by atoms with Gasteiger partial charge in [0.1, 0.15) is 0 Å². The Labute approximate surface area is 96.8 Å². The third kappa shape index (κ3) is 2.96. The van der Waals surface area contributed by atoms with Crippen molar-refractivity contribution in [2.24, 2.45) is 0 Å². The van der Waals surface area contributed by atoms with E-state index in [2.05, 4.69) is 23.5 Å². The highest BCUT2D eigenvalue weighted by atomic mass is 35.5. The third-order valence-electron chi connectivity index (χ3n) is 3.13. The van der Waals surface area contributed by atoms with Crippen LogP contribution in [0.15, 0.2) is 18.2 Å². The summed E-state index contributed by atoms with van der Waals surface area (Å²) in [7, 11) is 0. The highest BCUT2D eigenvalue weighted by molar-refractivity contribution is 6.31. The van der Waals surface area contributed by atoms with Gasteiger partial charge in [-0.3, -0.25) is 0 Å². The molecule has 0 radical (unpaired) electrons. The zero-order valence-corrected chi connectivity index (χ0v) is 9.98. The molecule has 1 aliphatic heterocycles. The molecule has 0 aliphatic carbocycles. The summed E-state index contributed by atoms with van der Waals surface area (Å²) >= 11 is 6.11. The predicted octanol–water partition coefficient (Wildman–Crippen LogP) is 3.33. The lowest BCUT2D eigenvalue weighted by molar-refractivity contribution is 0.399. The van der Waals surface area contributed by atoms with E-state index < -0.39 is 0 Å². The van der Waals surface area contributed by atoms with Crippen LogP contribution in [0.25, 0.3) is 0 Å². The molecule has 0 spiro atoms. The minimum atomic E-state index is 0.650. The van der Waals surface area contributed by atoms with Crippen LogP contribution < -0.4 is 5.32 Å². The van der Waals surface area contributed by atoms with Gasteiger partial charge in [-0.25, -0.2) is 0 Å². The number of hydrogen-bond donors (Lipinski definition) is 1. The zero-order chi connectivity index (χ0) is 10.7. The number of hydrogen-bond acceptors (Lipinski definition) is 1. The lowest BCUT2D eigenvalue weighted by atomic mass is 9.97. The van der Waals surface area contributed by atoms with Crippen molar-refractivity contribution in [3.05, 3.63) is 34.3 Å². The van der Waals surface area contributed by atoms with E-state index in [4.69, 9.17) is 11.6 Å². The van der Waals surface area contributed by atoms with E-state index in [0.717, 1.165) is 17.0 Å². The van der Waals surface area contributed by atoms with Crippen molar-refractivity contribution < 1.29 is 0 Å². The molecule has 82 valence electrons. The van der Waals surface area contributed by atoms with Crippen molar-refractivity contribution in [2.45, 2.75) is 38.6 Å². The van der Waals surface area contributed by atoms with E-state index in [1.807, 2.05) is 6.92 Å². The van der Waals surface area contributed by atoms with Crippen molar-refractivity contribution >= 4 is 11.6 Å². The molecule has 1 nitrogen and oxygen atoms in total. The van der Waals surface area contributed by atoms with Gasteiger partial charge in [0, 0.05) is 11.1 Å². The highest BCUT2D eigenvalue weighted by Gasteiger charge is 2.13. The fourth-order valence-corrected chi connectivity index (χ4v) is 2.35. The van der Waals surface area contributed by atoms with Gasteiger partial charge < -0.3 is 5.32 Å². The van der Waals surface area contributed by atoms with E-state index in [-0.39, 0.29) is 0 Å². The number of piperidine rings is 1. The number of halogens is 1. The number of aryl methyl sites for hydroxylation is 1. The molecule has 1 unspecified atom stereocenters. The van der Waals surface area contributed by atoms with Gasteiger partial charge in [-0.1, -0.05) is 30.2 Å². The first-order valence-electron chi connectivity index (χ1n) is 5.74. The Morgan fingerprint density at radius 1 is 1.40 bits per heavy atom. The van der Waals surface area contributed by atoms with Crippen LogP contribution >= 0.6 is 11.6 Å². The molecule has 1 atom stereocenters. The van der Waals surface area contributed by atoms with E-state index >= 15 is 0 Å². The molecule has 1 aromatic rings. The summed E-state index contributed by atoms with van der Waals surface area (Å²) < 4.78 is 0. The van der Waals surface area contributed by atoms with Crippen LogP contribution in [-0.4, -0.2) is 12.6 Å². The molecule has 1 aromatic carbocycles. The minimum absolute atomic E-state index is 0.650. The molecule has 2 rings (SSSR count). The standard InChI is InChI=1S/C13H18ClN/c1-10-5-6-11(9-13(10)14)8-12-4-2-3-7-15-12/h5-6,9,12,15H,2-4,7-8H2,1H3. The molecule has 0 bridgehead atoms. The summed E-state index contributed by atoms with van der Waals surface area (Å²) in [5.41, 5.74) is 2.52. The van der Waals surface area contributed by atoms with Gasteiger partial charge in [0.05, 0.1) is 0 Å². The van der Waals surface area contributed by atoms with Gasteiger partial charge >= 0.3 is 0 Å². The Balaban J connectivity index is 2.00. The van der Waals surface area contributed by atoms with Crippen molar-refractivity contribution in [2.75, 3.05) is 6.54 Å². The maximum Gasteiger partial charge on any atom is 0.0437 e. The Morgan fingerprint density at radius 2 is 2.27 bits per heavy atom. The smallest absolute Gasteiger partial charge is 0.0437 e. The maximum absolute atomic E-state index is 6.11. The van der Waals surface area contributed by atoms with Crippen molar-refractivity contribution in [3.63, 3.8) is 0 Å². The summed E-state index contributed by atoms with van der Waals surface area (Å²) in [6.07, 6.45) is 5.09. The lowest BCUT2D eigenvalue weighted by Crippen LogP contribution is -2.35. The molecule has 0 aromatic heterocycles. The number of nitrogens with one attached hydrogen (secondary N) is 1. The van der Waals surface area contributed by atoms with Gasteiger partial charge in [0.2, 0.25) is 0 Å². The average molecular weight is 224 g/mol. The Morgan fingerprint density at radius 3 is 2.93 bits per heavy atom. The van der Waals surface area contributed by atoms with Crippen LogP contribution in [-0.2, 0) is 6.42 Å². The quantitative estimate of drug-likeness (QED) is 0.811. The van der Waals surface area contributed by atoms with Gasteiger partial charge in [0.15, 0.2) is 0 Å². The first-order chi connectivity index (χ1) is 7.25. The molecule has 2 heteroatoms. The second-order valence-electron chi connectivity index (χ2n) is 4.43. The van der Waals surface area contributed by atoms with E-state index in [9.17, 15) is 0 Å². The van der Waals surface area contributed by atoms with Gasteiger partial charge in [-0.2, -0.15) is 0 Å². The Kier molecular flexibility index (Phi) is 3.66. The predicted molar refractivity (Wildman–Crippen MR) is 65.5 cm³/mol. The average Bonchev–Trinajstić information content (AvgIpc) is 2.25. The first kappa shape index (κ1) is 11.0. The van der Waals surface area contributed by atoms with Crippen LogP contribution in [0.2, 0.25) is 5.02 Å². The SMILES string of the molecule is Cc1ccc(CC2CCCCN2)cc1Cl. The zero-order valence-electron chi connectivity index (χ0n) is 9.22. The molecule has 15 heavy (non-hydrogen) atoms. The first-order valence-corrected chi connectivity index (χ1v) is 6.12. The molecular weight excluding hydrogens is 206 g/mol. The fraction of sp³-hybridized carbons (Fsp3) is 0.538. The molecule has 1 N–H and O–H groups in total.